The largest absolute Gasteiger partial charge is 0.493 e. The van der Waals surface area contributed by atoms with E-state index >= 15 is 0 Å². The average Bonchev–Trinajstić information content (AvgIpc) is 3.28. The molecule has 7 heteroatoms. The second-order valence-electron chi connectivity index (χ2n) is 7.28. The molecule has 1 atom stereocenters. The molecule has 154 valence electrons. The average molecular weight is 397 g/mol. The summed E-state index contributed by atoms with van der Waals surface area (Å²) in [5.41, 5.74) is 1.68. The Morgan fingerprint density at radius 1 is 1.07 bits per heavy atom. The molecular formula is C22H27N3O4. The molecule has 4 rings (SSSR count). The summed E-state index contributed by atoms with van der Waals surface area (Å²) in [7, 11) is 3.25. The molecule has 3 heterocycles. The number of nitrogens with zero attached hydrogens (tertiary/aromatic N) is 3. The Morgan fingerprint density at radius 3 is 2.55 bits per heavy atom. The van der Waals surface area contributed by atoms with Gasteiger partial charge in [0.05, 0.1) is 39.0 Å². The van der Waals surface area contributed by atoms with Gasteiger partial charge in [-0.15, -0.1) is 0 Å². The number of benzene rings is 1. The molecule has 2 aliphatic heterocycles. The summed E-state index contributed by atoms with van der Waals surface area (Å²) in [5, 5.41) is 0. The highest BCUT2D eigenvalue weighted by atomic mass is 16.5. The van der Waals surface area contributed by atoms with Crippen LogP contribution in [-0.2, 0) is 4.74 Å². The molecule has 1 amide bonds. The third-order valence-corrected chi connectivity index (χ3v) is 5.64. The lowest BCUT2D eigenvalue weighted by Gasteiger charge is -2.28. The van der Waals surface area contributed by atoms with Crippen molar-refractivity contribution < 1.29 is 19.0 Å². The van der Waals surface area contributed by atoms with E-state index in [0.29, 0.717) is 30.3 Å². The molecule has 2 aromatic rings. The number of hydrogen-bond donors (Lipinski definition) is 0. The van der Waals surface area contributed by atoms with Gasteiger partial charge < -0.3 is 24.0 Å². The van der Waals surface area contributed by atoms with Crippen molar-refractivity contribution in [3.05, 3.63) is 47.7 Å². The Balaban J connectivity index is 1.52. The molecule has 1 aromatic carbocycles. The maximum absolute atomic E-state index is 13.2. The number of hydrogen-bond acceptors (Lipinski definition) is 6. The second kappa shape index (κ2) is 8.69. The Morgan fingerprint density at radius 2 is 1.86 bits per heavy atom. The fourth-order valence-electron chi connectivity index (χ4n) is 4.07. The van der Waals surface area contributed by atoms with E-state index in [4.69, 9.17) is 14.2 Å². The minimum absolute atomic E-state index is 0.0170. The number of morpholine rings is 1. The number of carbonyl (C=O) groups excluding carboxylic acids is 1. The molecule has 1 unspecified atom stereocenters. The molecular weight excluding hydrogens is 370 g/mol. The highest BCUT2D eigenvalue weighted by Gasteiger charge is 2.31. The third kappa shape index (κ3) is 4.00. The van der Waals surface area contributed by atoms with Crippen LogP contribution in [0, 0.1) is 0 Å². The van der Waals surface area contributed by atoms with E-state index in [-0.39, 0.29) is 11.9 Å². The fourth-order valence-corrected chi connectivity index (χ4v) is 4.07. The van der Waals surface area contributed by atoms with Crippen LogP contribution in [0.4, 0.5) is 5.82 Å². The van der Waals surface area contributed by atoms with E-state index < -0.39 is 0 Å². The minimum Gasteiger partial charge on any atom is -0.493 e. The van der Waals surface area contributed by atoms with Crippen LogP contribution in [0.5, 0.6) is 11.5 Å². The minimum atomic E-state index is 0.0170. The van der Waals surface area contributed by atoms with Crippen molar-refractivity contribution >= 4 is 11.7 Å². The van der Waals surface area contributed by atoms with Gasteiger partial charge in [-0.25, -0.2) is 4.98 Å². The summed E-state index contributed by atoms with van der Waals surface area (Å²) in [4.78, 5) is 21.8. The summed E-state index contributed by atoms with van der Waals surface area (Å²) in [6.07, 6.45) is 3.60. The molecule has 7 nitrogen and oxygen atoms in total. The fraction of sp³-hybridized carbons (Fsp3) is 0.455. The summed E-state index contributed by atoms with van der Waals surface area (Å²) >= 11 is 0. The van der Waals surface area contributed by atoms with E-state index in [9.17, 15) is 4.79 Å². The molecule has 0 N–H and O–H groups in total. The zero-order valence-corrected chi connectivity index (χ0v) is 17.0. The number of rotatable bonds is 5. The van der Waals surface area contributed by atoms with Crippen molar-refractivity contribution in [1.29, 1.82) is 0 Å². The maximum Gasteiger partial charge on any atom is 0.255 e. The van der Waals surface area contributed by atoms with Gasteiger partial charge in [-0.2, -0.15) is 0 Å². The summed E-state index contributed by atoms with van der Waals surface area (Å²) in [5.74, 6) is 2.28. The van der Waals surface area contributed by atoms with Crippen molar-refractivity contribution in [2.24, 2.45) is 0 Å². The van der Waals surface area contributed by atoms with Gasteiger partial charge in [0.1, 0.15) is 5.82 Å². The Hall–Kier alpha value is -2.80. The van der Waals surface area contributed by atoms with Gasteiger partial charge in [0.25, 0.3) is 5.91 Å². The van der Waals surface area contributed by atoms with E-state index in [1.165, 1.54) is 0 Å². The number of pyridine rings is 1. The number of methoxy groups -OCH3 is 2. The monoisotopic (exact) mass is 397 g/mol. The number of aromatic nitrogens is 1. The van der Waals surface area contributed by atoms with Crippen LogP contribution in [0.25, 0.3) is 0 Å². The molecule has 29 heavy (non-hydrogen) atoms. The van der Waals surface area contributed by atoms with Crippen LogP contribution in [0.3, 0.4) is 0 Å². The lowest BCUT2D eigenvalue weighted by molar-refractivity contribution is 0.0735. The van der Waals surface area contributed by atoms with Gasteiger partial charge in [-0.05, 0) is 42.7 Å². The highest BCUT2D eigenvalue weighted by Crippen LogP contribution is 2.37. The Labute approximate surface area is 171 Å². The quantitative estimate of drug-likeness (QED) is 0.773. The first-order valence-corrected chi connectivity index (χ1v) is 10.0. The summed E-state index contributed by atoms with van der Waals surface area (Å²) < 4.78 is 16.2. The number of anilines is 1. The third-order valence-electron chi connectivity index (χ3n) is 5.64. The van der Waals surface area contributed by atoms with Gasteiger partial charge in [-0.3, -0.25) is 4.79 Å². The molecule has 2 saturated heterocycles. The van der Waals surface area contributed by atoms with Gasteiger partial charge >= 0.3 is 0 Å². The van der Waals surface area contributed by atoms with Crippen LogP contribution in [-0.4, -0.2) is 62.9 Å². The van der Waals surface area contributed by atoms with Crippen LogP contribution >= 0.6 is 0 Å². The van der Waals surface area contributed by atoms with Gasteiger partial charge in [0.2, 0.25) is 0 Å². The molecule has 0 spiro atoms. The Bertz CT molecular complexity index is 850. The predicted octanol–water partition coefficient (Wildman–Crippen LogP) is 2.91. The smallest absolute Gasteiger partial charge is 0.255 e. The number of likely N-dealkylation sites (tertiary alicyclic amines) is 1. The van der Waals surface area contributed by atoms with Crippen molar-refractivity contribution in [2.75, 3.05) is 52.0 Å². The molecule has 0 bridgehead atoms. The molecule has 2 fully saturated rings. The second-order valence-corrected chi connectivity index (χ2v) is 7.28. The van der Waals surface area contributed by atoms with Crippen molar-refractivity contribution in [3.63, 3.8) is 0 Å². The van der Waals surface area contributed by atoms with Crippen LogP contribution in [0.15, 0.2) is 36.5 Å². The number of amides is 1. The van der Waals surface area contributed by atoms with Gasteiger partial charge in [-0.1, -0.05) is 6.07 Å². The normalized spacial score (nSPS) is 19.3. The SMILES string of the molecule is COc1ccc(C2CCCN2C(=O)c2ccc(N3CCOCC3)nc2)cc1OC. The van der Waals surface area contributed by atoms with E-state index in [0.717, 1.165) is 43.9 Å². The molecule has 0 aliphatic carbocycles. The zero-order chi connectivity index (χ0) is 20.2. The van der Waals surface area contributed by atoms with Gasteiger partial charge in [0, 0.05) is 25.8 Å². The van der Waals surface area contributed by atoms with E-state index in [1.807, 2.05) is 35.2 Å². The van der Waals surface area contributed by atoms with E-state index in [1.54, 1.807) is 20.4 Å². The first-order chi connectivity index (χ1) is 14.2. The standard InChI is InChI=1S/C22H27N3O4/c1-27-19-7-5-16(14-20(19)28-2)18-4-3-9-25(18)22(26)17-6-8-21(23-15-17)24-10-12-29-13-11-24/h5-8,14-15,18H,3-4,9-13H2,1-2H3. The first kappa shape index (κ1) is 19.5. The number of ether oxygens (including phenoxy) is 3. The summed E-state index contributed by atoms with van der Waals surface area (Å²) in [6.45, 7) is 3.82. The molecule has 2 aliphatic rings. The first-order valence-electron chi connectivity index (χ1n) is 10.0. The van der Waals surface area contributed by atoms with Crippen LogP contribution in [0.2, 0.25) is 0 Å². The van der Waals surface area contributed by atoms with Crippen molar-refractivity contribution in [1.82, 2.24) is 9.88 Å². The number of carbonyl (C=O) groups is 1. The lowest BCUT2D eigenvalue weighted by atomic mass is 10.0. The lowest BCUT2D eigenvalue weighted by Crippen LogP contribution is -2.36. The van der Waals surface area contributed by atoms with Crippen LogP contribution in [0.1, 0.15) is 34.8 Å². The van der Waals surface area contributed by atoms with Crippen molar-refractivity contribution in [3.8, 4) is 11.5 Å². The zero-order valence-electron chi connectivity index (χ0n) is 17.0. The predicted molar refractivity (Wildman–Crippen MR) is 110 cm³/mol. The highest BCUT2D eigenvalue weighted by molar-refractivity contribution is 5.94. The maximum atomic E-state index is 13.2. The molecule has 1 aromatic heterocycles. The van der Waals surface area contributed by atoms with E-state index in [2.05, 4.69) is 9.88 Å². The van der Waals surface area contributed by atoms with Crippen molar-refractivity contribution in [2.45, 2.75) is 18.9 Å². The summed E-state index contributed by atoms with van der Waals surface area (Å²) in [6, 6.07) is 9.71. The Kier molecular flexibility index (Phi) is 5.85. The van der Waals surface area contributed by atoms with Gasteiger partial charge in [0.15, 0.2) is 11.5 Å². The topological polar surface area (TPSA) is 64.1 Å². The molecule has 0 saturated carbocycles. The molecule has 0 radical (unpaired) electrons. The van der Waals surface area contributed by atoms with Crippen LogP contribution < -0.4 is 14.4 Å².